The monoisotopic (exact) mass is 289 g/mol. The van der Waals surface area contributed by atoms with Gasteiger partial charge in [-0.05, 0) is 38.0 Å². The van der Waals surface area contributed by atoms with Gasteiger partial charge in [-0.1, -0.05) is 6.92 Å². The van der Waals surface area contributed by atoms with Gasteiger partial charge in [0.15, 0.2) is 0 Å². The van der Waals surface area contributed by atoms with E-state index in [0.717, 1.165) is 18.8 Å². The molecule has 5 nitrogen and oxygen atoms in total. The summed E-state index contributed by atoms with van der Waals surface area (Å²) in [5.41, 5.74) is 0. The standard InChI is InChI=1S/C15H31NO4/c1-12-3-5-15(6-4-12)20-11-14(18)9-16-13(7-8-17)10-19-2/h12-18H,3-11H2,1-2H3. The fourth-order valence-electron chi connectivity index (χ4n) is 2.61. The van der Waals surface area contributed by atoms with Gasteiger partial charge in [-0.3, -0.25) is 0 Å². The third-order valence-corrected chi connectivity index (χ3v) is 3.97. The van der Waals surface area contributed by atoms with Crippen LogP contribution in [-0.2, 0) is 9.47 Å². The quantitative estimate of drug-likeness (QED) is 0.558. The van der Waals surface area contributed by atoms with Crippen molar-refractivity contribution in [1.82, 2.24) is 5.32 Å². The Labute approximate surface area is 122 Å². The van der Waals surface area contributed by atoms with Crippen LogP contribution in [0.25, 0.3) is 0 Å². The fourth-order valence-corrected chi connectivity index (χ4v) is 2.61. The summed E-state index contributed by atoms with van der Waals surface area (Å²) in [6.45, 7) is 3.79. The molecule has 0 aromatic carbocycles. The van der Waals surface area contributed by atoms with Crippen LogP contribution in [-0.4, -0.2) is 61.9 Å². The average molecular weight is 289 g/mol. The van der Waals surface area contributed by atoms with Gasteiger partial charge in [0.2, 0.25) is 0 Å². The minimum atomic E-state index is -0.507. The molecule has 20 heavy (non-hydrogen) atoms. The van der Waals surface area contributed by atoms with Crippen LogP contribution < -0.4 is 5.32 Å². The predicted octanol–water partition coefficient (Wildman–Crippen LogP) is 0.930. The number of hydrogen-bond donors (Lipinski definition) is 3. The molecule has 3 N–H and O–H groups in total. The minimum Gasteiger partial charge on any atom is -0.396 e. The van der Waals surface area contributed by atoms with Crippen molar-refractivity contribution in [2.24, 2.45) is 5.92 Å². The summed E-state index contributed by atoms with van der Waals surface area (Å²) in [4.78, 5) is 0. The van der Waals surface area contributed by atoms with E-state index in [0.29, 0.717) is 32.3 Å². The first-order valence-electron chi connectivity index (χ1n) is 7.78. The van der Waals surface area contributed by atoms with Crippen LogP contribution in [0.3, 0.4) is 0 Å². The minimum absolute atomic E-state index is 0.0789. The zero-order valence-electron chi connectivity index (χ0n) is 12.9. The van der Waals surface area contributed by atoms with E-state index in [1.165, 1.54) is 12.8 Å². The summed E-state index contributed by atoms with van der Waals surface area (Å²) < 4.78 is 10.8. The number of aliphatic hydroxyl groups is 2. The van der Waals surface area contributed by atoms with Gasteiger partial charge in [-0.15, -0.1) is 0 Å². The number of ether oxygens (including phenoxy) is 2. The van der Waals surface area contributed by atoms with Gasteiger partial charge in [-0.2, -0.15) is 0 Å². The Morgan fingerprint density at radius 1 is 1.20 bits per heavy atom. The van der Waals surface area contributed by atoms with Crippen molar-refractivity contribution >= 4 is 0 Å². The van der Waals surface area contributed by atoms with Crippen molar-refractivity contribution in [3.8, 4) is 0 Å². The molecule has 0 spiro atoms. The Kier molecular flexibility index (Phi) is 9.39. The van der Waals surface area contributed by atoms with Crippen molar-refractivity contribution in [3.63, 3.8) is 0 Å². The molecule has 0 amide bonds. The van der Waals surface area contributed by atoms with Crippen LogP contribution in [0.2, 0.25) is 0 Å². The molecule has 0 heterocycles. The molecule has 1 aliphatic carbocycles. The lowest BCUT2D eigenvalue weighted by Gasteiger charge is -2.27. The van der Waals surface area contributed by atoms with E-state index in [1.54, 1.807) is 7.11 Å². The fraction of sp³-hybridized carbons (Fsp3) is 1.00. The number of methoxy groups -OCH3 is 1. The van der Waals surface area contributed by atoms with Crippen molar-refractivity contribution in [2.45, 2.75) is 57.3 Å². The van der Waals surface area contributed by atoms with Crippen molar-refractivity contribution in [1.29, 1.82) is 0 Å². The van der Waals surface area contributed by atoms with Crippen LogP contribution in [0.15, 0.2) is 0 Å². The molecule has 0 aliphatic heterocycles. The molecule has 1 fully saturated rings. The molecular weight excluding hydrogens is 258 g/mol. The van der Waals surface area contributed by atoms with E-state index in [-0.39, 0.29) is 12.6 Å². The zero-order chi connectivity index (χ0) is 14.8. The summed E-state index contributed by atoms with van der Waals surface area (Å²) in [6.07, 6.45) is 5.11. The van der Waals surface area contributed by atoms with Crippen molar-refractivity contribution in [3.05, 3.63) is 0 Å². The van der Waals surface area contributed by atoms with Gasteiger partial charge in [0.1, 0.15) is 0 Å². The normalized spacial score (nSPS) is 26.4. The SMILES string of the molecule is COCC(CCO)NCC(O)COC1CCC(C)CC1. The predicted molar refractivity (Wildman–Crippen MR) is 78.7 cm³/mol. The topological polar surface area (TPSA) is 71.0 Å². The smallest absolute Gasteiger partial charge is 0.0897 e. The Morgan fingerprint density at radius 2 is 1.90 bits per heavy atom. The molecule has 0 radical (unpaired) electrons. The van der Waals surface area contributed by atoms with Crippen molar-refractivity contribution in [2.75, 3.05) is 33.5 Å². The van der Waals surface area contributed by atoms with Crippen LogP contribution in [0.1, 0.15) is 39.0 Å². The van der Waals surface area contributed by atoms with Gasteiger partial charge in [-0.25, -0.2) is 0 Å². The second-order valence-corrected chi connectivity index (χ2v) is 5.94. The molecule has 0 aromatic rings. The van der Waals surface area contributed by atoms with E-state index >= 15 is 0 Å². The highest BCUT2D eigenvalue weighted by Crippen LogP contribution is 2.25. The first kappa shape index (κ1) is 17.9. The molecule has 1 rings (SSSR count). The largest absolute Gasteiger partial charge is 0.396 e. The molecule has 0 saturated heterocycles. The number of nitrogens with one attached hydrogen (secondary N) is 1. The zero-order valence-corrected chi connectivity index (χ0v) is 12.9. The summed E-state index contributed by atoms with van der Waals surface area (Å²) >= 11 is 0. The molecule has 0 bridgehead atoms. The van der Waals surface area contributed by atoms with Crippen LogP contribution in [0, 0.1) is 5.92 Å². The lowest BCUT2D eigenvalue weighted by molar-refractivity contribution is -0.0291. The van der Waals surface area contributed by atoms with E-state index < -0.39 is 6.10 Å². The molecule has 120 valence electrons. The van der Waals surface area contributed by atoms with E-state index in [1.807, 2.05) is 0 Å². The van der Waals surface area contributed by atoms with Crippen LogP contribution >= 0.6 is 0 Å². The van der Waals surface area contributed by atoms with Crippen LogP contribution in [0.4, 0.5) is 0 Å². The highest BCUT2D eigenvalue weighted by Gasteiger charge is 2.19. The maximum absolute atomic E-state index is 9.93. The third-order valence-electron chi connectivity index (χ3n) is 3.97. The summed E-state index contributed by atoms with van der Waals surface area (Å²) in [6, 6.07) is 0.0789. The molecule has 5 heteroatoms. The lowest BCUT2D eigenvalue weighted by Crippen LogP contribution is -2.41. The van der Waals surface area contributed by atoms with Crippen LogP contribution in [0.5, 0.6) is 0 Å². The Morgan fingerprint density at radius 3 is 2.50 bits per heavy atom. The van der Waals surface area contributed by atoms with Gasteiger partial charge < -0.3 is 25.0 Å². The highest BCUT2D eigenvalue weighted by molar-refractivity contribution is 4.72. The second kappa shape index (κ2) is 10.5. The van der Waals surface area contributed by atoms with E-state index in [4.69, 9.17) is 14.6 Å². The second-order valence-electron chi connectivity index (χ2n) is 5.94. The van der Waals surface area contributed by atoms with E-state index in [2.05, 4.69) is 12.2 Å². The molecule has 1 aliphatic rings. The summed E-state index contributed by atoms with van der Waals surface area (Å²) in [7, 11) is 1.63. The van der Waals surface area contributed by atoms with Gasteiger partial charge >= 0.3 is 0 Å². The van der Waals surface area contributed by atoms with Crippen molar-refractivity contribution < 1.29 is 19.7 Å². The summed E-state index contributed by atoms with van der Waals surface area (Å²) in [5, 5.41) is 22.1. The first-order chi connectivity index (χ1) is 9.65. The molecular formula is C15H31NO4. The average Bonchev–Trinajstić information content (AvgIpc) is 2.44. The van der Waals surface area contributed by atoms with E-state index in [9.17, 15) is 5.11 Å². The van der Waals surface area contributed by atoms with Gasteiger partial charge in [0.25, 0.3) is 0 Å². The first-order valence-corrected chi connectivity index (χ1v) is 7.78. The van der Waals surface area contributed by atoms with Gasteiger partial charge in [0, 0.05) is 26.3 Å². The summed E-state index contributed by atoms with van der Waals surface area (Å²) in [5.74, 6) is 0.815. The van der Waals surface area contributed by atoms with Gasteiger partial charge in [0.05, 0.1) is 25.4 Å². The molecule has 2 unspecified atom stereocenters. The lowest BCUT2D eigenvalue weighted by atomic mass is 9.89. The highest BCUT2D eigenvalue weighted by atomic mass is 16.5. The Hall–Kier alpha value is -0.200. The number of aliphatic hydroxyl groups excluding tert-OH is 2. The molecule has 2 atom stereocenters. The molecule has 0 aromatic heterocycles. The number of hydrogen-bond acceptors (Lipinski definition) is 5. The Bertz CT molecular complexity index is 226. The maximum atomic E-state index is 9.93. The number of rotatable bonds is 10. The maximum Gasteiger partial charge on any atom is 0.0897 e. The Balaban J connectivity index is 2.11. The third kappa shape index (κ3) is 7.55. The molecule has 1 saturated carbocycles.